The largest absolute Gasteiger partial charge is 0.349 e. The molecule has 1 aromatic carbocycles. The maximum atomic E-state index is 12.4. The van der Waals surface area contributed by atoms with Crippen molar-refractivity contribution < 1.29 is 4.79 Å². The number of nitrogens with zero attached hydrogens (tertiary/aromatic N) is 8. The van der Waals surface area contributed by atoms with Crippen molar-refractivity contribution in [1.82, 2.24) is 39.2 Å². The maximum Gasteiger partial charge on any atom is 0.223 e. The Morgan fingerprint density at radius 2 is 2.00 bits per heavy atom. The van der Waals surface area contributed by atoms with E-state index in [-0.39, 0.29) is 11.3 Å². The van der Waals surface area contributed by atoms with Gasteiger partial charge in [0.15, 0.2) is 5.82 Å². The minimum absolute atomic E-state index is 0.0383. The Kier molecular flexibility index (Phi) is 5.93. The highest BCUT2D eigenvalue weighted by Gasteiger charge is 2.10. The molecule has 0 aliphatic rings. The van der Waals surface area contributed by atoms with Crippen molar-refractivity contribution in [2.45, 2.75) is 19.4 Å². The zero-order valence-electron chi connectivity index (χ0n) is 18.2. The Balaban J connectivity index is 1.52. The molecule has 0 aliphatic carbocycles. The number of rotatable bonds is 7. The molecule has 0 radical (unpaired) electrons. The van der Waals surface area contributed by atoms with Crippen LogP contribution < -0.4 is 5.43 Å². The van der Waals surface area contributed by atoms with Crippen LogP contribution in [0.2, 0.25) is 0 Å². The molecule has 3 heterocycles. The van der Waals surface area contributed by atoms with Gasteiger partial charge in [-0.05, 0) is 11.6 Å². The average molecular weight is 432 g/mol. The first-order valence-corrected chi connectivity index (χ1v) is 10.2. The number of benzene rings is 1. The first-order chi connectivity index (χ1) is 15.4. The highest BCUT2D eigenvalue weighted by atomic mass is 16.2. The second-order valence-corrected chi connectivity index (χ2v) is 7.69. The van der Waals surface area contributed by atoms with E-state index in [9.17, 15) is 9.59 Å². The minimum atomic E-state index is -0.122. The van der Waals surface area contributed by atoms with Gasteiger partial charge in [0, 0.05) is 51.8 Å². The molecule has 1 amide bonds. The summed E-state index contributed by atoms with van der Waals surface area (Å²) in [6.07, 6.45) is 7.52. The third-order valence-corrected chi connectivity index (χ3v) is 4.98. The summed E-state index contributed by atoms with van der Waals surface area (Å²) in [5.41, 5.74) is 2.86. The predicted octanol–water partition coefficient (Wildman–Crippen LogP) is 1.29. The predicted molar refractivity (Wildman–Crippen MR) is 118 cm³/mol. The van der Waals surface area contributed by atoms with Gasteiger partial charge in [-0.1, -0.05) is 18.2 Å². The lowest BCUT2D eigenvalue weighted by atomic mass is 10.1. The highest BCUT2D eigenvalue weighted by molar-refractivity contribution is 5.75. The van der Waals surface area contributed by atoms with Crippen molar-refractivity contribution in [2.75, 3.05) is 14.1 Å². The zero-order chi connectivity index (χ0) is 22.7. The fourth-order valence-electron chi connectivity index (χ4n) is 3.22. The quantitative estimate of drug-likeness (QED) is 0.436. The SMILES string of the molecule is CN(C)C(=O)CCn1cnc(-c2cccc(Cc3nn(-c4cnn(C)c4)ccc3=O)c2)n1. The van der Waals surface area contributed by atoms with E-state index < -0.39 is 0 Å². The Labute approximate surface area is 184 Å². The van der Waals surface area contributed by atoms with Gasteiger partial charge in [0.05, 0.1) is 18.9 Å². The summed E-state index contributed by atoms with van der Waals surface area (Å²) in [6.45, 7) is 0.464. The van der Waals surface area contributed by atoms with Crippen LogP contribution in [0.1, 0.15) is 17.7 Å². The van der Waals surface area contributed by atoms with E-state index in [2.05, 4.69) is 20.3 Å². The highest BCUT2D eigenvalue weighted by Crippen LogP contribution is 2.17. The fraction of sp³-hybridized carbons (Fsp3) is 0.273. The van der Waals surface area contributed by atoms with Crippen LogP contribution in [0.4, 0.5) is 0 Å². The van der Waals surface area contributed by atoms with Gasteiger partial charge in [-0.3, -0.25) is 19.0 Å². The molecule has 0 spiro atoms. The van der Waals surface area contributed by atoms with Crippen molar-refractivity contribution in [1.29, 1.82) is 0 Å². The number of hydrogen-bond acceptors (Lipinski definition) is 6. The summed E-state index contributed by atoms with van der Waals surface area (Å²) >= 11 is 0. The van der Waals surface area contributed by atoms with Crippen LogP contribution in [0, 0.1) is 0 Å². The zero-order valence-corrected chi connectivity index (χ0v) is 18.2. The van der Waals surface area contributed by atoms with E-state index in [1.807, 2.05) is 37.5 Å². The molecular formula is C22H24N8O2. The molecule has 10 heteroatoms. The Hall–Kier alpha value is -4.08. The van der Waals surface area contributed by atoms with Crippen molar-refractivity contribution in [2.24, 2.45) is 7.05 Å². The van der Waals surface area contributed by atoms with Gasteiger partial charge in [0.2, 0.25) is 11.3 Å². The maximum absolute atomic E-state index is 12.4. The lowest BCUT2D eigenvalue weighted by Gasteiger charge is -2.09. The Morgan fingerprint density at radius 1 is 1.16 bits per heavy atom. The van der Waals surface area contributed by atoms with Crippen LogP contribution in [-0.4, -0.2) is 59.2 Å². The van der Waals surface area contributed by atoms with E-state index in [1.54, 1.807) is 51.8 Å². The molecule has 0 N–H and O–H groups in total. The lowest BCUT2D eigenvalue weighted by Crippen LogP contribution is -2.22. The van der Waals surface area contributed by atoms with Crippen LogP contribution >= 0.6 is 0 Å². The van der Waals surface area contributed by atoms with E-state index >= 15 is 0 Å². The first kappa shape index (κ1) is 21.2. The molecule has 4 aromatic rings. The van der Waals surface area contributed by atoms with Crippen LogP contribution in [0.5, 0.6) is 0 Å². The van der Waals surface area contributed by atoms with Gasteiger partial charge < -0.3 is 4.90 Å². The molecule has 32 heavy (non-hydrogen) atoms. The number of carbonyl (C=O) groups excluding carboxylic acids is 1. The third kappa shape index (κ3) is 4.80. The molecule has 0 saturated carbocycles. The standard InChI is InChI=1S/C22H24N8O2/c1-27(2)21(32)8-9-29-15-23-22(26-29)17-6-4-5-16(11-17)12-19-20(31)7-10-30(25-19)18-13-24-28(3)14-18/h4-7,10-11,13-15H,8-9,12H2,1-3H3. The van der Waals surface area contributed by atoms with Crippen LogP contribution in [0.15, 0.2) is 60.0 Å². The number of hydrogen-bond donors (Lipinski definition) is 0. The summed E-state index contributed by atoms with van der Waals surface area (Å²) in [7, 11) is 5.29. The second kappa shape index (κ2) is 8.96. The van der Waals surface area contributed by atoms with Crippen LogP contribution in [-0.2, 0) is 24.8 Å². The molecule has 3 aromatic heterocycles. The first-order valence-electron chi connectivity index (χ1n) is 10.2. The molecule has 0 unspecified atom stereocenters. The molecule has 0 bridgehead atoms. The van der Waals surface area contributed by atoms with Crippen molar-refractivity contribution >= 4 is 5.91 Å². The molecule has 164 valence electrons. The second-order valence-electron chi connectivity index (χ2n) is 7.69. The monoisotopic (exact) mass is 432 g/mol. The van der Waals surface area contributed by atoms with E-state index in [0.717, 1.165) is 16.8 Å². The molecule has 4 rings (SSSR count). The molecule has 10 nitrogen and oxygen atoms in total. The van der Waals surface area contributed by atoms with E-state index in [0.29, 0.717) is 30.9 Å². The van der Waals surface area contributed by atoms with E-state index in [1.165, 1.54) is 6.07 Å². The number of carbonyl (C=O) groups is 1. The molecule has 0 fully saturated rings. The molecular weight excluding hydrogens is 408 g/mol. The fourth-order valence-corrected chi connectivity index (χ4v) is 3.22. The summed E-state index contributed by atoms with van der Waals surface area (Å²) in [5.74, 6) is 0.606. The van der Waals surface area contributed by atoms with Gasteiger partial charge in [-0.2, -0.15) is 15.3 Å². The van der Waals surface area contributed by atoms with E-state index in [4.69, 9.17) is 0 Å². The minimum Gasteiger partial charge on any atom is -0.349 e. The summed E-state index contributed by atoms with van der Waals surface area (Å²) in [4.78, 5) is 30.1. The Morgan fingerprint density at radius 3 is 2.75 bits per heavy atom. The smallest absolute Gasteiger partial charge is 0.223 e. The normalized spacial score (nSPS) is 11.0. The summed E-state index contributed by atoms with van der Waals surface area (Å²) in [6, 6.07) is 9.23. The lowest BCUT2D eigenvalue weighted by molar-refractivity contribution is -0.128. The molecule has 0 saturated heterocycles. The van der Waals surface area contributed by atoms with Crippen molar-refractivity contribution in [3.05, 3.63) is 76.7 Å². The number of amides is 1. The van der Waals surface area contributed by atoms with Gasteiger partial charge in [-0.25, -0.2) is 9.67 Å². The average Bonchev–Trinajstić information content (AvgIpc) is 3.43. The van der Waals surface area contributed by atoms with Gasteiger partial charge >= 0.3 is 0 Å². The Bertz CT molecular complexity index is 1300. The molecule has 0 aliphatic heterocycles. The number of aromatic nitrogens is 7. The summed E-state index contributed by atoms with van der Waals surface area (Å²) < 4.78 is 4.99. The van der Waals surface area contributed by atoms with Crippen LogP contribution in [0.3, 0.4) is 0 Å². The van der Waals surface area contributed by atoms with Crippen LogP contribution in [0.25, 0.3) is 17.1 Å². The summed E-state index contributed by atoms with van der Waals surface area (Å²) in [5, 5.41) is 13.1. The third-order valence-electron chi connectivity index (χ3n) is 4.98. The van der Waals surface area contributed by atoms with Crippen molar-refractivity contribution in [3.8, 4) is 17.1 Å². The molecule has 0 atom stereocenters. The topological polar surface area (TPSA) is 104 Å². The van der Waals surface area contributed by atoms with Gasteiger partial charge in [0.1, 0.15) is 17.7 Å². The number of aryl methyl sites for hydroxylation is 2. The van der Waals surface area contributed by atoms with Crippen molar-refractivity contribution in [3.63, 3.8) is 0 Å². The van der Waals surface area contributed by atoms with Gasteiger partial charge in [0.25, 0.3) is 0 Å². The van der Waals surface area contributed by atoms with Gasteiger partial charge in [-0.15, -0.1) is 0 Å².